The molecule has 4 rings (SSSR count). The highest BCUT2D eigenvalue weighted by atomic mass is 19.4. The van der Waals surface area contributed by atoms with Crippen LogP contribution in [-0.2, 0) is 25.5 Å². The van der Waals surface area contributed by atoms with Crippen LogP contribution in [0.15, 0.2) is 48.5 Å². The maximum atomic E-state index is 13.4. The highest BCUT2D eigenvalue weighted by molar-refractivity contribution is 5.97. The van der Waals surface area contributed by atoms with Crippen LogP contribution in [0.2, 0.25) is 0 Å². The quantitative estimate of drug-likeness (QED) is 0.0522. The smallest absolute Gasteiger partial charge is 0.422 e. The van der Waals surface area contributed by atoms with Crippen molar-refractivity contribution in [2.45, 2.75) is 110 Å². The fourth-order valence-corrected chi connectivity index (χ4v) is 6.19. The van der Waals surface area contributed by atoms with Crippen LogP contribution in [0, 0.1) is 5.92 Å². The first-order chi connectivity index (χ1) is 29.7. The van der Waals surface area contributed by atoms with Gasteiger partial charge >= 0.3 is 30.3 Å². The van der Waals surface area contributed by atoms with E-state index < -0.39 is 66.0 Å². The number of rotatable bonds is 19. The Bertz CT molecular complexity index is 1960. The average Bonchev–Trinajstić information content (AvgIpc) is 3.21. The number of alkyl halides is 3. The number of anilines is 3. The number of carbonyl (C=O) groups excluding carboxylic acids is 4. The number of methoxy groups -OCH3 is 1. The maximum Gasteiger partial charge on any atom is 0.422 e. The van der Waals surface area contributed by atoms with E-state index in [2.05, 4.69) is 36.2 Å². The van der Waals surface area contributed by atoms with Crippen LogP contribution in [0.5, 0.6) is 11.8 Å². The molecule has 0 bridgehead atoms. The second kappa shape index (κ2) is 22.8. The van der Waals surface area contributed by atoms with Gasteiger partial charge in [-0.15, -0.1) is 0 Å². The molecule has 17 nitrogen and oxygen atoms in total. The number of aromatic nitrogens is 3. The summed E-state index contributed by atoms with van der Waals surface area (Å²) in [6.45, 7) is 11.0. The van der Waals surface area contributed by atoms with Gasteiger partial charge in [0.2, 0.25) is 11.9 Å². The van der Waals surface area contributed by atoms with Crippen molar-refractivity contribution in [1.29, 1.82) is 0 Å². The molecule has 1 aromatic heterocycles. The molecule has 0 saturated carbocycles. The minimum absolute atomic E-state index is 0.0657. The molecule has 20 heteroatoms. The van der Waals surface area contributed by atoms with Crippen molar-refractivity contribution in [3.8, 4) is 11.8 Å². The third kappa shape index (κ3) is 18.4. The number of hydrogen-bond acceptors (Lipinski definition) is 14. The summed E-state index contributed by atoms with van der Waals surface area (Å²) in [4.78, 5) is 64.5. The number of carbonyl (C=O) groups is 4. The van der Waals surface area contributed by atoms with Gasteiger partial charge < -0.3 is 49.9 Å². The molecule has 1 fully saturated rings. The first-order valence-corrected chi connectivity index (χ1v) is 20.8. The number of hydrogen-bond donors (Lipinski definition) is 4. The Morgan fingerprint density at radius 3 is 2.14 bits per heavy atom. The van der Waals surface area contributed by atoms with Crippen LogP contribution in [0.3, 0.4) is 0 Å². The van der Waals surface area contributed by atoms with Crippen molar-refractivity contribution < 1.29 is 56.0 Å². The maximum absolute atomic E-state index is 13.4. The molecule has 4 N–H and O–H groups in total. The molecule has 1 saturated heterocycles. The van der Waals surface area contributed by atoms with E-state index >= 15 is 0 Å². The summed E-state index contributed by atoms with van der Waals surface area (Å²) in [5, 5.41) is 11.4. The zero-order valence-electron chi connectivity index (χ0n) is 36.9. The van der Waals surface area contributed by atoms with Crippen molar-refractivity contribution in [2.75, 3.05) is 50.6 Å². The molecule has 0 radical (unpaired) electrons. The number of nitrogens with zero attached hydrogens (tertiary/aromatic N) is 4. The van der Waals surface area contributed by atoms with Crippen molar-refractivity contribution in [2.24, 2.45) is 5.92 Å². The lowest BCUT2D eigenvalue weighted by atomic mass is 9.90. The Morgan fingerprint density at radius 1 is 0.825 bits per heavy atom. The minimum Gasteiger partial charge on any atom is -0.494 e. The summed E-state index contributed by atoms with van der Waals surface area (Å²) >= 11 is 0. The first kappa shape index (κ1) is 49.6. The van der Waals surface area contributed by atoms with E-state index in [1.807, 2.05) is 32.9 Å². The Hall–Kier alpha value is -6.08. The van der Waals surface area contributed by atoms with Crippen LogP contribution in [-0.4, -0.2) is 107 Å². The van der Waals surface area contributed by atoms with E-state index in [-0.39, 0.29) is 30.5 Å². The summed E-state index contributed by atoms with van der Waals surface area (Å²) < 4.78 is 65.5. The molecule has 1 aliphatic heterocycles. The number of halogens is 3. The van der Waals surface area contributed by atoms with Gasteiger partial charge in [0, 0.05) is 43.3 Å². The molecule has 3 aromatic rings. The molecule has 2 heterocycles. The second-order valence-corrected chi connectivity index (χ2v) is 16.9. The Balaban J connectivity index is 1.31. The number of piperidine rings is 1. The van der Waals surface area contributed by atoms with Gasteiger partial charge in [-0.1, -0.05) is 25.0 Å². The van der Waals surface area contributed by atoms with E-state index in [0.717, 1.165) is 31.2 Å². The van der Waals surface area contributed by atoms with E-state index in [1.54, 1.807) is 32.9 Å². The van der Waals surface area contributed by atoms with Crippen LogP contribution < -0.4 is 30.7 Å². The molecular formula is C43H59F3N8O9. The Labute approximate surface area is 365 Å². The molecule has 3 amide bonds. The highest BCUT2D eigenvalue weighted by Gasteiger charge is 2.37. The number of esters is 1. The lowest BCUT2D eigenvalue weighted by Gasteiger charge is -2.36. The number of ether oxygens (including phenoxy) is 5. The summed E-state index contributed by atoms with van der Waals surface area (Å²) in [5.41, 5.74) is 0.139. The van der Waals surface area contributed by atoms with Crippen LogP contribution in [0.25, 0.3) is 0 Å². The predicted octanol–water partition coefficient (Wildman–Crippen LogP) is 7.55. The van der Waals surface area contributed by atoms with E-state index in [0.29, 0.717) is 44.0 Å². The summed E-state index contributed by atoms with van der Waals surface area (Å²) in [6, 6.07) is 11.6. The number of amides is 3. The SMILES string of the molecule is COC(=O)C(NC(=O)c1ccc(Nc2nc(NCc3ccc(OCCCCCCNC(=O)OC(C)(C)C)cc3)nc(OCC(F)(F)F)n2)cc1)C1CCCN(C(=O)OC(C)(C)C)C1. The van der Waals surface area contributed by atoms with E-state index in [4.69, 9.17) is 23.7 Å². The predicted molar refractivity (Wildman–Crippen MR) is 227 cm³/mol. The Morgan fingerprint density at radius 2 is 1.49 bits per heavy atom. The van der Waals surface area contributed by atoms with Crippen LogP contribution in [0.1, 0.15) is 96.0 Å². The zero-order chi connectivity index (χ0) is 46.2. The summed E-state index contributed by atoms with van der Waals surface area (Å²) in [6.07, 6.45) is -0.914. The molecular weight excluding hydrogens is 830 g/mol. The summed E-state index contributed by atoms with van der Waals surface area (Å²) in [7, 11) is 1.22. The summed E-state index contributed by atoms with van der Waals surface area (Å²) in [5.74, 6) is -1.20. The monoisotopic (exact) mass is 888 g/mol. The normalized spacial score (nSPS) is 14.8. The number of benzene rings is 2. The molecule has 2 aromatic carbocycles. The lowest BCUT2D eigenvalue weighted by Crippen LogP contribution is -2.53. The topological polar surface area (TPSA) is 204 Å². The van der Waals surface area contributed by atoms with Crippen molar-refractivity contribution in [1.82, 2.24) is 30.5 Å². The van der Waals surface area contributed by atoms with Gasteiger partial charge in [0.15, 0.2) is 6.61 Å². The van der Waals surface area contributed by atoms with Gasteiger partial charge in [0.1, 0.15) is 23.0 Å². The second-order valence-electron chi connectivity index (χ2n) is 16.9. The van der Waals surface area contributed by atoms with E-state index in [1.165, 1.54) is 36.3 Å². The zero-order valence-corrected chi connectivity index (χ0v) is 36.9. The van der Waals surface area contributed by atoms with Gasteiger partial charge in [-0.3, -0.25) is 4.79 Å². The van der Waals surface area contributed by atoms with Gasteiger partial charge in [-0.05, 0) is 109 Å². The lowest BCUT2D eigenvalue weighted by molar-refractivity contribution is -0.154. The average molecular weight is 889 g/mol. The van der Waals surface area contributed by atoms with Crippen molar-refractivity contribution in [3.63, 3.8) is 0 Å². The number of nitrogens with one attached hydrogen (secondary N) is 4. The molecule has 346 valence electrons. The fraction of sp³-hybridized carbons (Fsp3) is 0.558. The van der Waals surface area contributed by atoms with Gasteiger partial charge in [0.25, 0.3) is 5.91 Å². The van der Waals surface area contributed by atoms with Crippen LogP contribution in [0.4, 0.5) is 40.3 Å². The third-order valence-corrected chi connectivity index (χ3v) is 9.09. The molecule has 1 aliphatic rings. The number of unbranched alkanes of at least 4 members (excludes halogenated alkanes) is 3. The largest absolute Gasteiger partial charge is 0.494 e. The fourth-order valence-electron chi connectivity index (χ4n) is 6.19. The van der Waals surface area contributed by atoms with Crippen LogP contribution >= 0.6 is 0 Å². The van der Waals surface area contributed by atoms with Gasteiger partial charge in [-0.25, -0.2) is 14.4 Å². The Kier molecular flexibility index (Phi) is 18.0. The molecule has 2 atom stereocenters. The molecule has 0 spiro atoms. The van der Waals surface area contributed by atoms with Crippen molar-refractivity contribution in [3.05, 3.63) is 59.7 Å². The van der Waals surface area contributed by atoms with Gasteiger partial charge in [0.05, 0.1) is 13.7 Å². The van der Waals surface area contributed by atoms with Crippen molar-refractivity contribution >= 4 is 41.6 Å². The number of likely N-dealkylation sites (tertiary alicyclic amines) is 1. The van der Waals surface area contributed by atoms with E-state index in [9.17, 15) is 32.3 Å². The third-order valence-electron chi connectivity index (χ3n) is 9.09. The minimum atomic E-state index is -4.64. The molecule has 2 unspecified atom stereocenters. The first-order valence-electron chi connectivity index (χ1n) is 20.8. The highest BCUT2D eigenvalue weighted by Crippen LogP contribution is 2.25. The van der Waals surface area contributed by atoms with Gasteiger partial charge in [-0.2, -0.15) is 28.1 Å². The standard InChI is InChI=1S/C43H59F3N8O9/c1-41(2,3)62-39(57)47-22-10-8-9-11-24-60-32-20-14-28(15-21-32)25-48-36-51-37(53-38(52-36)61-27-43(44,45)46)49-31-18-16-29(17-19-31)34(55)50-33(35(56)59-7)30-13-12-23-54(26-30)40(58)63-42(4,5)6/h14-21,30,33H,8-13,22-27H2,1-7H3,(H,47,57)(H,50,55)(H2,48,49,51,52,53). The molecule has 0 aliphatic carbocycles. The number of alkyl carbamates (subject to hydrolysis) is 1. The molecule has 63 heavy (non-hydrogen) atoms.